The minimum absolute atomic E-state index is 0.223. The number of rotatable bonds is 6. The first-order valence-electron chi connectivity index (χ1n) is 11.9. The van der Waals surface area contributed by atoms with Crippen molar-refractivity contribution in [3.8, 4) is 0 Å². The van der Waals surface area contributed by atoms with Gasteiger partial charge in [0.2, 0.25) is 0 Å². The Kier molecular flexibility index (Phi) is 8.09. The van der Waals surface area contributed by atoms with Gasteiger partial charge in [0.15, 0.2) is 0 Å². The maximum Gasteiger partial charge on any atom is 0.121 e. The maximum absolute atomic E-state index is 8.80. The fourth-order valence-electron chi connectivity index (χ4n) is 4.40. The molecule has 0 unspecified atom stereocenters. The minimum Gasteiger partial charge on any atom is -0.396 e. The van der Waals surface area contributed by atoms with Gasteiger partial charge in [0.25, 0.3) is 0 Å². The average molecular weight is 437 g/mol. The normalized spacial score (nSPS) is 16.5. The van der Waals surface area contributed by atoms with Crippen LogP contribution in [0.15, 0.2) is 36.5 Å². The van der Waals surface area contributed by atoms with Gasteiger partial charge in [-0.3, -0.25) is 4.98 Å². The summed E-state index contributed by atoms with van der Waals surface area (Å²) in [7, 11) is 2.17. The van der Waals surface area contributed by atoms with E-state index in [1.165, 1.54) is 42.6 Å². The van der Waals surface area contributed by atoms with E-state index in [4.69, 9.17) is 10.1 Å². The Balaban J connectivity index is 0.000000203. The van der Waals surface area contributed by atoms with Crippen LogP contribution in [0.25, 0.3) is 11.0 Å². The van der Waals surface area contributed by atoms with Gasteiger partial charge in [-0.1, -0.05) is 12.1 Å². The number of anilines is 1. The molecule has 3 heterocycles. The van der Waals surface area contributed by atoms with Crippen LogP contribution in [-0.2, 0) is 19.4 Å². The first-order chi connectivity index (χ1) is 15.7. The second-order valence-electron chi connectivity index (χ2n) is 8.72. The Labute approximate surface area is 190 Å². The molecule has 1 aliphatic carbocycles. The highest BCUT2D eigenvalue weighted by Crippen LogP contribution is 2.26. The van der Waals surface area contributed by atoms with E-state index in [0.717, 1.165) is 56.0 Å². The molecule has 2 aliphatic rings. The quantitative estimate of drug-likeness (QED) is 0.516. The summed E-state index contributed by atoms with van der Waals surface area (Å²) >= 11 is 0. The summed E-state index contributed by atoms with van der Waals surface area (Å²) in [5.41, 5.74) is 6.17. The van der Waals surface area contributed by atoms with Crippen LogP contribution >= 0.6 is 0 Å². The van der Waals surface area contributed by atoms with Crippen molar-refractivity contribution >= 4 is 16.7 Å². The summed E-state index contributed by atoms with van der Waals surface area (Å²) in [6.45, 7) is 6.02. The lowest BCUT2D eigenvalue weighted by molar-refractivity contribution is 0.286. The molecule has 0 spiro atoms. The number of aromatic nitrogens is 3. The third kappa shape index (κ3) is 5.85. The van der Waals surface area contributed by atoms with Gasteiger partial charge in [0, 0.05) is 44.7 Å². The number of pyridine rings is 1. The van der Waals surface area contributed by atoms with Crippen molar-refractivity contribution in [2.75, 3.05) is 51.3 Å². The topological polar surface area (TPSA) is 80.3 Å². The number of aliphatic hydroxyl groups excluding tert-OH is 1. The number of H-pyrrole nitrogens is 1. The number of para-hydroxylation sites is 1. The molecule has 1 fully saturated rings. The molecule has 0 radical (unpaired) electrons. The number of aromatic amines is 1. The van der Waals surface area contributed by atoms with Gasteiger partial charge >= 0.3 is 0 Å². The van der Waals surface area contributed by atoms with E-state index in [1.54, 1.807) is 0 Å². The van der Waals surface area contributed by atoms with E-state index in [2.05, 4.69) is 56.4 Å². The summed E-state index contributed by atoms with van der Waals surface area (Å²) in [5.74, 6) is 0.953. The molecule has 0 saturated carbocycles. The van der Waals surface area contributed by atoms with Gasteiger partial charge in [-0.05, 0) is 69.5 Å². The van der Waals surface area contributed by atoms with Crippen LogP contribution in [0.1, 0.15) is 36.3 Å². The van der Waals surface area contributed by atoms with Crippen LogP contribution in [0.4, 0.5) is 5.69 Å². The molecule has 0 atom stereocenters. The monoisotopic (exact) mass is 436 g/mol. The first-order valence-corrected chi connectivity index (χ1v) is 11.9. The van der Waals surface area contributed by atoms with Crippen LogP contribution in [0, 0.1) is 0 Å². The van der Waals surface area contributed by atoms with Crippen LogP contribution in [0.2, 0.25) is 0 Å². The van der Waals surface area contributed by atoms with Gasteiger partial charge in [0.05, 0.1) is 17.7 Å². The van der Waals surface area contributed by atoms with E-state index in [9.17, 15) is 0 Å². The van der Waals surface area contributed by atoms with Crippen molar-refractivity contribution in [1.29, 1.82) is 0 Å². The van der Waals surface area contributed by atoms with E-state index in [1.807, 2.05) is 12.3 Å². The Morgan fingerprint density at radius 2 is 1.91 bits per heavy atom. The zero-order chi connectivity index (χ0) is 22.2. The van der Waals surface area contributed by atoms with Crippen LogP contribution in [0.5, 0.6) is 0 Å². The standard InChI is InChI=1S/C16H25N5O.C9H11N/c1-20-7-9-21(10-8-20)14-5-2-4-13-16(14)19-15(18-13)12-17-6-3-11-22;1-2-6-9-8(4-1)5-3-7-10-9/h2,4-5,17,22H,3,6-12H2,1H3,(H,18,19);3,5,7H,1-2,4,6H2. The van der Waals surface area contributed by atoms with Gasteiger partial charge in [-0.25, -0.2) is 4.98 Å². The summed E-state index contributed by atoms with van der Waals surface area (Å²) in [4.78, 5) is 17.3. The van der Waals surface area contributed by atoms with Crippen molar-refractivity contribution in [2.24, 2.45) is 0 Å². The molecule has 3 aromatic rings. The highest BCUT2D eigenvalue weighted by atomic mass is 16.3. The van der Waals surface area contributed by atoms with Gasteiger partial charge < -0.3 is 25.2 Å². The Morgan fingerprint density at radius 3 is 2.72 bits per heavy atom. The molecule has 7 heteroatoms. The number of nitrogens with zero attached hydrogens (tertiary/aromatic N) is 4. The summed E-state index contributed by atoms with van der Waals surface area (Å²) in [6.07, 6.45) is 7.76. The fraction of sp³-hybridized carbons (Fsp3) is 0.520. The van der Waals surface area contributed by atoms with E-state index in [0.29, 0.717) is 6.54 Å². The Bertz CT molecular complexity index is 954. The molecule has 1 aliphatic heterocycles. The van der Waals surface area contributed by atoms with Crippen molar-refractivity contribution in [1.82, 2.24) is 25.2 Å². The highest BCUT2D eigenvalue weighted by Gasteiger charge is 2.17. The Morgan fingerprint density at radius 1 is 1.06 bits per heavy atom. The van der Waals surface area contributed by atoms with Gasteiger partial charge in [-0.15, -0.1) is 0 Å². The van der Waals surface area contributed by atoms with Gasteiger partial charge in [0.1, 0.15) is 11.3 Å². The largest absolute Gasteiger partial charge is 0.396 e. The Hall–Kier alpha value is -2.48. The molecular formula is C25H36N6O. The molecule has 5 rings (SSSR count). The number of aryl methyl sites for hydroxylation is 2. The van der Waals surface area contributed by atoms with Crippen molar-refractivity contribution in [3.05, 3.63) is 53.6 Å². The number of piperazine rings is 1. The molecule has 2 aromatic heterocycles. The molecule has 172 valence electrons. The van der Waals surface area contributed by atoms with Gasteiger partial charge in [-0.2, -0.15) is 0 Å². The summed E-state index contributed by atoms with van der Waals surface area (Å²) < 4.78 is 0. The zero-order valence-electron chi connectivity index (χ0n) is 19.2. The number of benzene rings is 1. The highest BCUT2D eigenvalue weighted by molar-refractivity contribution is 5.89. The molecule has 3 N–H and O–H groups in total. The predicted octanol–water partition coefficient (Wildman–Crippen LogP) is 2.75. The molecule has 32 heavy (non-hydrogen) atoms. The molecule has 1 aromatic carbocycles. The summed E-state index contributed by atoms with van der Waals surface area (Å²) in [5, 5.41) is 12.1. The van der Waals surface area contributed by atoms with Crippen molar-refractivity contribution in [3.63, 3.8) is 0 Å². The third-order valence-electron chi connectivity index (χ3n) is 6.28. The second-order valence-corrected chi connectivity index (χ2v) is 8.72. The van der Waals surface area contributed by atoms with E-state index >= 15 is 0 Å². The summed E-state index contributed by atoms with van der Waals surface area (Å²) in [6, 6.07) is 10.6. The predicted molar refractivity (Wildman–Crippen MR) is 130 cm³/mol. The number of fused-ring (bicyclic) bond motifs is 2. The average Bonchev–Trinajstić information content (AvgIpc) is 3.26. The van der Waals surface area contributed by atoms with Crippen LogP contribution in [0.3, 0.4) is 0 Å². The molecular weight excluding hydrogens is 400 g/mol. The number of likely N-dealkylation sites (N-methyl/N-ethyl adjacent to an activating group) is 1. The SMILES string of the molecule is CN1CCN(c2cccc3[nH]c(CNCCCO)nc23)CC1.c1cnc2c(c1)CCCC2. The zero-order valence-corrected chi connectivity index (χ0v) is 19.2. The number of hydrogen-bond donors (Lipinski definition) is 3. The maximum atomic E-state index is 8.80. The van der Waals surface area contributed by atoms with E-state index in [-0.39, 0.29) is 6.61 Å². The lowest BCUT2D eigenvalue weighted by atomic mass is 9.96. The second kappa shape index (κ2) is 11.4. The van der Waals surface area contributed by atoms with Crippen molar-refractivity contribution < 1.29 is 5.11 Å². The number of hydrogen-bond acceptors (Lipinski definition) is 6. The van der Waals surface area contributed by atoms with Crippen molar-refractivity contribution in [2.45, 2.75) is 38.6 Å². The van der Waals surface area contributed by atoms with E-state index < -0.39 is 0 Å². The number of aliphatic hydroxyl groups is 1. The molecule has 0 bridgehead atoms. The lowest BCUT2D eigenvalue weighted by Gasteiger charge is -2.34. The first kappa shape index (κ1) is 22.7. The third-order valence-corrected chi connectivity index (χ3v) is 6.28. The van der Waals surface area contributed by atoms with Crippen LogP contribution < -0.4 is 10.2 Å². The number of nitrogens with one attached hydrogen (secondary N) is 2. The minimum atomic E-state index is 0.223. The smallest absolute Gasteiger partial charge is 0.121 e. The molecule has 0 amide bonds. The number of imidazole rings is 1. The van der Waals surface area contributed by atoms with Crippen LogP contribution in [-0.4, -0.2) is 71.3 Å². The lowest BCUT2D eigenvalue weighted by Crippen LogP contribution is -2.44. The molecule has 7 nitrogen and oxygen atoms in total. The molecule has 1 saturated heterocycles. The fourth-order valence-corrected chi connectivity index (χ4v) is 4.40.